The number of nitrogens with zero attached hydrogens (tertiary/aromatic N) is 2. The summed E-state index contributed by atoms with van der Waals surface area (Å²) in [6.45, 7) is 3.30. The Bertz CT molecular complexity index is 1040. The lowest BCUT2D eigenvalue weighted by atomic mass is 9.81. The molecular formula is C26H37Cl2N5. The highest BCUT2D eigenvalue weighted by Crippen LogP contribution is 2.35. The summed E-state index contributed by atoms with van der Waals surface area (Å²) >= 11 is 0. The molecule has 1 aliphatic rings. The van der Waals surface area contributed by atoms with Gasteiger partial charge in [-0.05, 0) is 55.0 Å². The molecule has 0 bridgehead atoms. The standard InChI is InChI=1S/C26H35N5.2ClH/c1-3-15-29-25(19-7-5-4-6-8-19)21-13-14-23-22(17-21)30-24(31(23)2)16-18-9-11-20(12-10-18)26(27)28;;/h9-14,17,19,25,29H,3-8,15-16H2,1-2H3,(H3,27,28);2*1H. The molecule has 1 aliphatic carbocycles. The van der Waals surface area contributed by atoms with Gasteiger partial charge >= 0.3 is 0 Å². The number of aromatic nitrogens is 2. The number of nitrogens with two attached hydrogens (primary N) is 1. The third-order valence-electron chi connectivity index (χ3n) is 6.72. The molecule has 4 N–H and O–H groups in total. The first-order valence-corrected chi connectivity index (χ1v) is 11.7. The van der Waals surface area contributed by atoms with Gasteiger partial charge in [0.1, 0.15) is 11.7 Å². The highest BCUT2D eigenvalue weighted by atomic mass is 35.5. The van der Waals surface area contributed by atoms with Crippen LogP contribution in [0.3, 0.4) is 0 Å². The summed E-state index contributed by atoms with van der Waals surface area (Å²) in [5.74, 6) is 1.88. The van der Waals surface area contributed by atoms with Gasteiger partial charge in [-0.1, -0.05) is 56.5 Å². The molecule has 180 valence electrons. The number of fused-ring (bicyclic) bond motifs is 1. The molecule has 3 aromatic rings. The van der Waals surface area contributed by atoms with Crippen LogP contribution in [-0.2, 0) is 13.5 Å². The summed E-state index contributed by atoms with van der Waals surface area (Å²) in [4.78, 5) is 5.00. The molecule has 7 heteroatoms. The third-order valence-corrected chi connectivity index (χ3v) is 6.72. The molecule has 2 aromatic carbocycles. The van der Waals surface area contributed by atoms with E-state index in [0.29, 0.717) is 6.04 Å². The lowest BCUT2D eigenvalue weighted by molar-refractivity contribution is 0.272. The second-order valence-electron chi connectivity index (χ2n) is 8.95. The van der Waals surface area contributed by atoms with E-state index in [-0.39, 0.29) is 30.6 Å². The molecule has 0 amide bonds. The smallest absolute Gasteiger partial charge is 0.122 e. The van der Waals surface area contributed by atoms with Gasteiger partial charge in [0.2, 0.25) is 0 Å². The zero-order valence-corrected chi connectivity index (χ0v) is 21.3. The van der Waals surface area contributed by atoms with Crippen LogP contribution < -0.4 is 11.1 Å². The second kappa shape index (κ2) is 12.4. The number of amidine groups is 1. The van der Waals surface area contributed by atoms with Gasteiger partial charge in [-0.2, -0.15) is 0 Å². The summed E-state index contributed by atoms with van der Waals surface area (Å²) in [5, 5.41) is 11.4. The number of imidazole rings is 1. The first-order valence-electron chi connectivity index (χ1n) is 11.7. The molecule has 1 saturated carbocycles. The summed E-state index contributed by atoms with van der Waals surface area (Å²) in [5.41, 5.74) is 11.1. The van der Waals surface area contributed by atoms with Gasteiger partial charge in [0.15, 0.2) is 0 Å². The van der Waals surface area contributed by atoms with E-state index in [2.05, 4.69) is 42.1 Å². The lowest BCUT2D eigenvalue weighted by Gasteiger charge is -2.31. The normalized spacial score (nSPS) is 15.0. The van der Waals surface area contributed by atoms with E-state index in [0.717, 1.165) is 42.2 Å². The van der Waals surface area contributed by atoms with Crippen molar-refractivity contribution in [2.75, 3.05) is 6.54 Å². The van der Waals surface area contributed by atoms with Crippen LogP contribution in [0.5, 0.6) is 0 Å². The maximum absolute atomic E-state index is 7.56. The monoisotopic (exact) mass is 489 g/mol. The van der Waals surface area contributed by atoms with Gasteiger partial charge in [0.25, 0.3) is 0 Å². The molecule has 5 nitrogen and oxygen atoms in total. The van der Waals surface area contributed by atoms with Gasteiger partial charge in [-0.3, -0.25) is 5.41 Å². The predicted molar refractivity (Wildman–Crippen MR) is 143 cm³/mol. The van der Waals surface area contributed by atoms with Crippen molar-refractivity contribution in [1.82, 2.24) is 14.9 Å². The fraction of sp³-hybridized carbons (Fsp3) is 0.462. The predicted octanol–water partition coefficient (Wildman–Crippen LogP) is 5.91. The molecular weight excluding hydrogens is 453 g/mol. The second-order valence-corrected chi connectivity index (χ2v) is 8.95. The SMILES string of the molecule is CCCNC(c1ccc2c(c1)nc(Cc1ccc(C(=N)N)cc1)n2C)C1CCCCC1.Cl.Cl. The fourth-order valence-corrected chi connectivity index (χ4v) is 4.93. The molecule has 1 fully saturated rings. The zero-order chi connectivity index (χ0) is 21.8. The van der Waals surface area contributed by atoms with E-state index in [1.54, 1.807) is 0 Å². The van der Waals surface area contributed by atoms with Crippen molar-refractivity contribution in [2.24, 2.45) is 18.7 Å². The van der Waals surface area contributed by atoms with Gasteiger partial charge in [0, 0.05) is 25.1 Å². The molecule has 0 aliphatic heterocycles. The van der Waals surface area contributed by atoms with Crippen LogP contribution in [0.2, 0.25) is 0 Å². The Balaban J connectivity index is 0.00000193. The van der Waals surface area contributed by atoms with Crippen molar-refractivity contribution in [2.45, 2.75) is 57.9 Å². The van der Waals surface area contributed by atoms with Gasteiger partial charge in [-0.25, -0.2) is 4.98 Å². The number of nitrogens with one attached hydrogen (secondary N) is 2. The Kier molecular flexibility index (Phi) is 10.2. The number of hydrogen-bond acceptors (Lipinski definition) is 3. The van der Waals surface area contributed by atoms with Crippen molar-refractivity contribution in [1.29, 1.82) is 5.41 Å². The van der Waals surface area contributed by atoms with E-state index in [9.17, 15) is 0 Å². The minimum Gasteiger partial charge on any atom is -0.384 e. The van der Waals surface area contributed by atoms with Crippen molar-refractivity contribution < 1.29 is 0 Å². The highest BCUT2D eigenvalue weighted by molar-refractivity contribution is 5.94. The van der Waals surface area contributed by atoms with Gasteiger partial charge in [0.05, 0.1) is 11.0 Å². The number of benzene rings is 2. The Labute approximate surface area is 209 Å². The van der Waals surface area contributed by atoms with Crippen molar-refractivity contribution >= 4 is 41.7 Å². The highest BCUT2D eigenvalue weighted by Gasteiger charge is 2.25. The molecule has 0 saturated heterocycles. The Morgan fingerprint density at radius 1 is 1.12 bits per heavy atom. The summed E-state index contributed by atoms with van der Waals surface area (Å²) in [6, 6.07) is 15.2. The first-order chi connectivity index (χ1) is 15.1. The van der Waals surface area contributed by atoms with Crippen LogP contribution in [0.25, 0.3) is 11.0 Å². The molecule has 0 radical (unpaired) electrons. The van der Waals surface area contributed by atoms with Crippen molar-refractivity contribution in [3.63, 3.8) is 0 Å². The van der Waals surface area contributed by atoms with E-state index in [1.807, 2.05) is 24.3 Å². The van der Waals surface area contributed by atoms with E-state index >= 15 is 0 Å². The molecule has 33 heavy (non-hydrogen) atoms. The lowest BCUT2D eigenvalue weighted by Crippen LogP contribution is -2.30. The van der Waals surface area contributed by atoms with E-state index < -0.39 is 0 Å². The molecule has 0 spiro atoms. The van der Waals surface area contributed by atoms with E-state index in [4.69, 9.17) is 16.1 Å². The molecule has 4 rings (SSSR count). The maximum Gasteiger partial charge on any atom is 0.122 e. The van der Waals surface area contributed by atoms with Crippen LogP contribution in [0.1, 0.15) is 74.0 Å². The number of rotatable bonds is 8. The van der Waals surface area contributed by atoms with Gasteiger partial charge < -0.3 is 15.6 Å². The average molecular weight is 491 g/mol. The molecule has 1 unspecified atom stereocenters. The van der Waals surface area contributed by atoms with Crippen molar-refractivity contribution in [3.8, 4) is 0 Å². The number of aryl methyl sites for hydroxylation is 1. The Morgan fingerprint density at radius 2 is 1.82 bits per heavy atom. The van der Waals surface area contributed by atoms with Crippen LogP contribution in [-0.4, -0.2) is 21.9 Å². The van der Waals surface area contributed by atoms with Crippen LogP contribution in [0.15, 0.2) is 42.5 Å². The summed E-state index contributed by atoms with van der Waals surface area (Å²) < 4.78 is 2.20. The Hall–Kier alpha value is -2.08. The van der Waals surface area contributed by atoms with E-state index in [1.165, 1.54) is 48.7 Å². The third kappa shape index (κ3) is 6.28. The zero-order valence-electron chi connectivity index (χ0n) is 19.6. The molecule has 1 aromatic heterocycles. The molecule has 1 heterocycles. The Morgan fingerprint density at radius 3 is 2.45 bits per heavy atom. The first kappa shape index (κ1) is 27.2. The number of hydrogen-bond donors (Lipinski definition) is 3. The number of halogens is 2. The van der Waals surface area contributed by atoms with Crippen molar-refractivity contribution in [3.05, 3.63) is 65.0 Å². The summed E-state index contributed by atoms with van der Waals surface area (Å²) in [6.07, 6.45) is 8.65. The minimum atomic E-state index is 0. The topological polar surface area (TPSA) is 79.7 Å². The quantitative estimate of drug-likeness (QED) is 0.271. The van der Waals surface area contributed by atoms with Crippen LogP contribution in [0.4, 0.5) is 0 Å². The van der Waals surface area contributed by atoms with Gasteiger partial charge in [-0.15, -0.1) is 24.8 Å². The minimum absolute atomic E-state index is 0. The average Bonchev–Trinajstić information content (AvgIpc) is 3.10. The fourth-order valence-electron chi connectivity index (χ4n) is 4.93. The largest absolute Gasteiger partial charge is 0.384 e. The molecule has 1 atom stereocenters. The van der Waals surface area contributed by atoms with Crippen LogP contribution in [0, 0.1) is 11.3 Å². The maximum atomic E-state index is 7.56. The van der Waals surface area contributed by atoms with Crippen LogP contribution >= 0.6 is 24.8 Å². The summed E-state index contributed by atoms with van der Waals surface area (Å²) in [7, 11) is 2.10. The number of nitrogen functional groups attached to an aromatic ring is 1.